The third-order valence-corrected chi connectivity index (χ3v) is 2.21. The van der Waals surface area contributed by atoms with Crippen molar-refractivity contribution in [1.29, 1.82) is 0 Å². The Kier molecular flexibility index (Phi) is 2.78. The fourth-order valence-corrected chi connectivity index (χ4v) is 1.34. The van der Waals surface area contributed by atoms with Crippen molar-refractivity contribution in [3.8, 4) is 0 Å². The molecule has 0 saturated heterocycles. The molecule has 0 aliphatic heterocycles. The van der Waals surface area contributed by atoms with Gasteiger partial charge in [-0.2, -0.15) is 0 Å². The highest BCUT2D eigenvalue weighted by Crippen LogP contribution is 2.17. The van der Waals surface area contributed by atoms with E-state index in [-0.39, 0.29) is 6.04 Å². The van der Waals surface area contributed by atoms with Gasteiger partial charge < -0.3 is 10.2 Å². The number of hydrogen-bond acceptors (Lipinski definition) is 4. The summed E-state index contributed by atoms with van der Waals surface area (Å²) in [4.78, 5) is 0. The normalized spacial score (nSPS) is 12.7. The molecule has 0 aliphatic carbocycles. The van der Waals surface area contributed by atoms with Gasteiger partial charge in [0.2, 0.25) is 11.8 Å². The molecule has 2 N–H and O–H groups in total. The molecule has 0 aliphatic rings. The van der Waals surface area contributed by atoms with Crippen molar-refractivity contribution in [1.82, 2.24) is 10.2 Å². The highest BCUT2D eigenvalue weighted by atomic mass is 16.4. The second-order valence-corrected chi connectivity index (χ2v) is 3.28. The Labute approximate surface area is 88.1 Å². The largest absolute Gasteiger partial charge is 0.423 e. The van der Waals surface area contributed by atoms with Crippen molar-refractivity contribution in [3.05, 3.63) is 47.7 Å². The molecule has 4 nitrogen and oxygen atoms in total. The zero-order valence-corrected chi connectivity index (χ0v) is 8.55. The van der Waals surface area contributed by atoms with E-state index in [0.717, 1.165) is 12.0 Å². The van der Waals surface area contributed by atoms with Gasteiger partial charge in [-0.1, -0.05) is 37.3 Å². The van der Waals surface area contributed by atoms with Crippen LogP contribution in [0.1, 0.15) is 30.3 Å². The maximum Gasteiger partial charge on any atom is 0.237 e. The van der Waals surface area contributed by atoms with Crippen LogP contribution in [-0.4, -0.2) is 10.2 Å². The lowest BCUT2D eigenvalue weighted by atomic mass is 10.1. The van der Waals surface area contributed by atoms with E-state index in [4.69, 9.17) is 10.2 Å². The van der Waals surface area contributed by atoms with Gasteiger partial charge in [0.25, 0.3) is 0 Å². The predicted molar refractivity (Wildman–Crippen MR) is 56.1 cm³/mol. The van der Waals surface area contributed by atoms with Gasteiger partial charge in [-0.15, -0.1) is 10.2 Å². The van der Waals surface area contributed by atoms with Gasteiger partial charge in [0, 0.05) is 6.42 Å². The molecule has 1 heterocycles. The van der Waals surface area contributed by atoms with Gasteiger partial charge in [-0.3, -0.25) is 0 Å². The number of rotatable bonds is 3. The van der Waals surface area contributed by atoms with Crippen molar-refractivity contribution in [2.45, 2.75) is 19.4 Å². The topological polar surface area (TPSA) is 64.9 Å². The summed E-state index contributed by atoms with van der Waals surface area (Å²) < 4.78 is 5.40. The van der Waals surface area contributed by atoms with E-state index in [2.05, 4.69) is 10.2 Å². The predicted octanol–water partition coefficient (Wildman–Crippen LogP) is 1.68. The van der Waals surface area contributed by atoms with Crippen LogP contribution >= 0.6 is 0 Å². The standard InChI is InChI=1S/C11H13N3O/c1-2-9-13-14-11(15-9)10(12)8-6-4-3-5-7-8/h3-7,10H,2,12H2,1H3. The SMILES string of the molecule is CCc1nnc(C(N)c2ccccc2)o1. The summed E-state index contributed by atoms with van der Waals surface area (Å²) in [5, 5.41) is 7.81. The summed E-state index contributed by atoms with van der Waals surface area (Å²) in [6.45, 7) is 1.96. The first-order valence-corrected chi connectivity index (χ1v) is 4.94. The Balaban J connectivity index is 2.24. The fraction of sp³-hybridized carbons (Fsp3) is 0.273. The van der Waals surface area contributed by atoms with E-state index in [0.29, 0.717) is 11.8 Å². The molecular formula is C11H13N3O. The van der Waals surface area contributed by atoms with Crippen LogP contribution in [0.5, 0.6) is 0 Å². The minimum Gasteiger partial charge on any atom is -0.423 e. The van der Waals surface area contributed by atoms with Gasteiger partial charge in [0.05, 0.1) is 0 Å². The Morgan fingerprint density at radius 2 is 2.00 bits per heavy atom. The summed E-state index contributed by atoms with van der Waals surface area (Å²) in [7, 11) is 0. The minimum atomic E-state index is -0.334. The van der Waals surface area contributed by atoms with Crippen LogP contribution in [0.4, 0.5) is 0 Å². The van der Waals surface area contributed by atoms with E-state index in [1.807, 2.05) is 37.3 Å². The first-order valence-electron chi connectivity index (χ1n) is 4.94. The van der Waals surface area contributed by atoms with Crippen molar-refractivity contribution in [2.75, 3.05) is 0 Å². The van der Waals surface area contributed by atoms with Crippen LogP contribution in [0.25, 0.3) is 0 Å². The second-order valence-electron chi connectivity index (χ2n) is 3.28. The van der Waals surface area contributed by atoms with Crippen LogP contribution in [0.3, 0.4) is 0 Å². The van der Waals surface area contributed by atoms with Crippen molar-refractivity contribution < 1.29 is 4.42 Å². The van der Waals surface area contributed by atoms with E-state index in [1.165, 1.54) is 0 Å². The molecular weight excluding hydrogens is 190 g/mol. The average molecular weight is 203 g/mol. The first-order chi connectivity index (χ1) is 7.31. The van der Waals surface area contributed by atoms with Crippen LogP contribution in [0, 0.1) is 0 Å². The molecule has 0 fully saturated rings. The number of nitrogens with zero attached hydrogens (tertiary/aromatic N) is 2. The minimum absolute atomic E-state index is 0.334. The zero-order valence-electron chi connectivity index (χ0n) is 8.55. The molecule has 15 heavy (non-hydrogen) atoms. The molecule has 2 aromatic rings. The quantitative estimate of drug-likeness (QED) is 0.824. The molecule has 1 aromatic carbocycles. The molecule has 0 amide bonds. The van der Waals surface area contributed by atoms with Crippen LogP contribution in [-0.2, 0) is 6.42 Å². The van der Waals surface area contributed by atoms with Crippen LogP contribution in [0.2, 0.25) is 0 Å². The van der Waals surface area contributed by atoms with Gasteiger partial charge in [0.15, 0.2) is 0 Å². The summed E-state index contributed by atoms with van der Waals surface area (Å²) in [5.41, 5.74) is 6.96. The molecule has 1 unspecified atom stereocenters. The van der Waals surface area contributed by atoms with Crippen LogP contribution in [0.15, 0.2) is 34.7 Å². The van der Waals surface area contributed by atoms with Gasteiger partial charge in [-0.25, -0.2) is 0 Å². The molecule has 0 spiro atoms. The highest BCUT2D eigenvalue weighted by molar-refractivity contribution is 5.22. The maximum absolute atomic E-state index is 5.99. The third-order valence-electron chi connectivity index (χ3n) is 2.21. The average Bonchev–Trinajstić information content (AvgIpc) is 2.78. The Morgan fingerprint density at radius 1 is 1.27 bits per heavy atom. The molecule has 0 bridgehead atoms. The van der Waals surface area contributed by atoms with Crippen molar-refractivity contribution >= 4 is 0 Å². The number of nitrogens with two attached hydrogens (primary N) is 1. The molecule has 1 atom stereocenters. The zero-order chi connectivity index (χ0) is 10.7. The number of aromatic nitrogens is 2. The molecule has 2 rings (SSSR count). The summed E-state index contributed by atoms with van der Waals surface area (Å²) in [6, 6.07) is 9.38. The highest BCUT2D eigenvalue weighted by Gasteiger charge is 2.15. The van der Waals surface area contributed by atoms with Crippen LogP contribution < -0.4 is 5.73 Å². The Bertz CT molecular complexity index is 424. The fourth-order valence-electron chi connectivity index (χ4n) is 1.34. The third kappa shape index (κ3) is 2.05. The number of hydrogen-bond donors (Lipinski definition) is 1. The van der Waals surface area contributed by atoms with E-state index >= 15 is 0 Å². The second kappa shape index (κ2) is 4.23. The van der Waals surface area contributed by atoms with Gasteiger partial charge >= 0.3 is 0 Å². The molecule has 0 radical (unpaired) electrons. The van der Waals surface area contributed by atoms with Gasteiger partial charge in [-0.05, 0) is 5.56 Å². The smallest absolute Gasteiger partial charge is 0.237 e. The lowest BCUT2D eigenvalue weighted by Crippen LogP contribution is -2.11. The maximum atomic E-state index is 5.99. The van der Waals surface area contributed by atoms with Crippen molar-refractivity contribution in [3.63, 3.8) is 0 Å². The molecule has 1 aromatic heterocycles. The lowest BCUT2D eigenvalue weighted by Gasteiger charge is -2.05. The van der Waals surface area contributed by atoms with E-state index < -0.39 is 0 Å². The lowest BCUT2D eigenvalue weighted by molar-refractivity contribution is 0.438. The Hall–Kier alpha value is -1.68. The summed E-state index contributed by atoms with van der Waals surface area (Å²) in [6.07, 6.45) is 0.731. The monoisotopic (exact) mass is 203 g/mol. The molecule has 4 heteroatoms. The number of benzene rings is 1. The van der Waals surface area contributed by atoms with Crippen molar-refractivity contribution in [2.24, 2.45) is 5.73 Å². The van der Waals surface area contributed by atoms with E-state index in [9.17, 15) is 0 Å². The summed E-state index contributed by atoms with van der Waals surface area (Å²) >= 11 is 0. The molecule has 78 valence electrons. The van der Waals surface area contributed by atoms with Gasteiger partial charge in [0.1, 0.15) is 6.04 Å². The number of aryl methyl sites for hydroxylation is 1. The molecule has 0 saturated carbocycles. The Morgan fingerprint density at radius 3 is 2.60 bits per heavy atom. The summed E-state index contributed by atoms with van der Waals surface area (Å²) in [5.74, 6) is 1.09. The van der Waals surface area contributed by atoms with E-state index in [1.54, 1.807) is 0 Å². The first kappa shape index (κ1) is 9.86.